The number of halogens is 2. The zero-order valence-electron chi connectivity index (χ0n) is 13.2. The summed E-state index contributed by atoms with van der Waals surface area (Å²) in [4.78, 5) is 11.1. The molecule has 6 heteroatoms. The lowest BCUT2D eigenvalue weighted by Gasteiger charge is -2.03. The van der Waals surface area contributed by atoms with Crippen LogP contribution in [-0.2, 0) is 0 Å². The SMILES string of the molecule is N#CC(=Cc1ccc(-c2cc(C(=O)O)ccc2Cl)o1)c1ccc(Cl)cc1. The van der Waals surface area contributed by atoms with Crippen LogP contribution in [0.5, 0.6) is 0 Å². The lowest BCUT2D eigenvalue weighted by Crippen LogP contribution is -1.96. The highest BCUT2D eigenvalue weighted by Gasteiger charge is 2.12. The largest absolute Gasteiger partial charge is 0.478 e. The lowest BCUT2D eigenvalue weighted by molar-refractivity contribution is 0.0697. The Morgan fingerprint density at radius 3 is 2.38 bits per heavy atom. The van der Waals surface area contributed by atoms with E-state index in [4.69, 9.17) is 32.7 Å². The fourth-order valence-corrected chi connectivity index (χ4v) is 2.71. The van der Waals surface area contributed by atoms with Gasteiger partial charge in [0.25, 0.3) is 0 Å². The van der Waals surface area contributed by atoms with Crippen molar-refractivity contribution in [3.05, 3.63) is 81.5 Å². The second-order valence-electron chi connectivity index (χ2n) is 5.38. The van der Waals surface area contributed by atoms with Crippen LogP contribution in [0.15, 0.2) is 59.0 Å². The first-order valence-corrected chi connectivity index (χ1v) is 8.24. The average Bonchev–Trinajstić information content (AvgIpc) is 3.09. The zero-order valence-corrected chi connectivity index (χ0v) is 14.8. The molecule has 26 heavy (non-hydrogen) atoms. The van der Waals surface area contributed by atoms with Crippen LogP contribution < -0.4 is 0 Å². The minimum Gasteiger partial charge on any atom is -0.478 e. The number of carboxylic acids is 1. The van der Waals surface area contributed by atoms with Crippen LogP contribution in [0.1, 0.15) is 21.7 Å². The van der Waals surface area contributed by atoms with Crippen molar-refractivity contribution in [3.63, 3.8) is 0 Å². The first-order chi connectivity index (χ1) is 12.5. The van der Waals surface area contributed by atoms with Crippen molar-refractivity contribution in [3.8, 4) is 17.4 Å². The third-order valence-electron chi connectivity index (χ3n) is 3.67. The number of nitriles is 1. The maximum atomic E-state index is 11.1. The number of benzene rings is 2. The third kappa shape index (κ3) is 3.80. The molecule has 1 heterocycles. The molecule has 0 spiro atoms. The minimum absolute atomic E-state index is 0.108. The van der Waals surface area contributed by atoms with Crippen molar-refractivity contribution in [2.24, 2.45) is 0 Å². The van der Waals surface area contributed by atoms with Gasteiger partial charge in [-0.1, -0.05) is 35.3 Å². The summed E-state index contributed by atoms with van der Waals surface area (Å²) in [5.74, 6) is -0.190. The van der Waals surface area contributed by atoms with Gasteiger partial charge < -0.3 is 9.52 Å². The molecule has 3 rings (SSSR count). The maximum absolute atomic E-state index is 11.1. The molecule has 0 fully saturated rings. The van der Waals surface area contributed by atoms with Crippen LogP contribution >= 0.6 is 23.2 Å². The minimum atomic E-state index is -1.05. The summed E-state index contributed by atoms with van der Waals surface area (Å²) < 4.78 is 5.73. The van der Waals surface area contributed by atoms with Crippen LogP contribution in [0.2, 0.25) is 10.0 Å². The Kier molecular flexibility index (Phi) is 5.13. The summed E-state index contributed by atoms with van der Waals surface area (Å²) >= 11 is 12.0. The molecule has 1 N–H and O–H groups in total. The normalized spacial score (nSPS) is 11.2. The topological polar surface area (TPSA) is 74.2 Å². The summed E-state index contributed by atoms with van der Waals surface area (Å²) in [5, 5.41) is 19.5. The van der Waals surface area contributed by atoms with E-state index in [1.807, 2.05) is 0 Å². The predicted octanol–water partition coefficient (Wildman–Crippen LogP) is 6.02. The fraction of sp³-hybridized carbons (Fsp3) is 0. The molecule has 0 saturated carbocycles. The molecule has 0 unspecified atom stereocenters. The Morgan fingerprint density at radius 2 is 1.73 bits per heavy atom. The zero-order chi connectivity index (χ0) is 18.7. The number of allylic oxidation sites excluding steroid dienone is 1. The number of hydrogen-bond donors (Lipinski definition) is 1. The summed E-state index contributed by atoms with van der Waals surface area (Å²) in [5.41, 5.74) is 1.70. The number of hydrogen-bond acceptors (Lipinski definition) is 3. The molecular weight excluding hydrogens is 373 g/mol. The number of carbonyl (C=O) groups is 1. The molecule has 0 atom stereocenters. The monoisotopic (exact) mass is 383 g/mol. The molecule has 0 amide bonds. The third-order valence-corrected chi connectivity index (χ3v) is 4.25. The smallest absolute Gasteiger partial charge is 0.335 e. The van der Waals surface area contributed by atoms with Crippen molar-refractivity contribution >= 4 is 40.8 Å². The molecule has 0 bridgehead atoms. The van der Waals surface area contributed by atoms with Crippen LogP contribution in [0.25, 0.3) is 23.0 Å². The number of furan rings is 1. The summed E-state index contributed by atoms with van der Waals surface area (Å²) in [7, 11) is 0. The molecule has 0 aliphatic heterocycles. The number of nitrogens with zero attached hydrogens (tertiary/aromatic N) is 1. The molecular formula is C20H11Cl2NO3. The molecule has 0 radical (unpaired) electrons. The van der Waals surface area contributed by atoms with E-state index in [2.05, 4.69) is 6.07 Å². The Bertz CT molecular complexity index is 1040. The fourth-order valence-electron chi connectivity index (χ4n) is 2.37. The molecule has 0 saturated heterocycles. The quantitative estimate of drug-likeness (QED) is 0.559. The summed E-state index contributed by atoms with van der Waals surface area (Å²) in [6, 6.07) is 16.8. The number of aromatic carboxylic acids is 1. The Labute approximate surface area is 159 Å². The molecule has 1 aromatic heterocycles. The Morgan fingerprint density at radius 1 is 1.04 bits per heavy atom. The van der Waals surface area contributed by atoms with Crippen molar-refractivity contribution in [1.29, 1.82) is 5.26 Å². The Hall–Kier alpha value is -3.00. The van der Waals surface area contributed by atoms with E-state index in [9.17, 15) is 10.1 Å². The summed E-state index contributed by atoms with van der Waals surface area (Å²) in [6.07, 6.45) is 1.60. The molecule has 0 aliphatic rings. The number of rotatable bonds is 4. The molecule has 128 valence electrons. The van der Waals surface area contributed by atoms with Crippen LogP contribution in [0.3, 0.4) is 0 Å². The van der Waals surface area contributed by atoms with E-state index in [1.165, 1.54) is 18.2 Å². The first-order valence-electron chi connectivity index (χ1n) is 7.48. The highest BCUT2D eigenvalue weighted by molar-refractivity contribution is 6.33. The van der Waals surface area contributed by atoms with Crippen LogP contribution in [0.4, 0.5) is 0 Å². The average molecular weight is 384 g/mol. The van der Waals surface area contributed by atoms with Gasteiger partial charge in [-0.2, -0.15) is 5.26 Å². The van der Waals surface area contributed by atoms with Gasteiger partial charge in [-0.3, -0.25) is 0 Å². The standard InChI is InChI=1S/C20H11Cl2NO3/c21-15-4-1-12(2-5-15)14(11-23)9-16-6-8-19(26-16)17-10-13(20(24)25)3-7-18(17)22/h1-10H,(H,24,25). The van der Waals surface area contributed by atoms with Gasteiger partial charge in [0.05, 0.1) is 22.2 Å². The molecule has 3 aromatic rings. The molecule has 0 aliphatic carbocycles. The number of carboxylic acid groups (broad SMARTS) is 1. The van der Waals surface area contributed by atoms with Gasteiger partial charge in [0.1, 0.15) is 11.5 Å². The maximum Gasteiger partial charge on any atom is 0.335 e. The summed E-state index contributed by atoms with van der Waals surface area (Å²) in [6.45, 7) is 0. The van der Waals surface area contributed by atoms with E-state index in [0.29, 0.717) is 38.3 Å². The van der Waals surface area contributed by atoms with Gasteiger partial charge in [-0.15, -0.1) is 0 Å². The Balaban J connectivity index is 1.97. The van der Waals surface area contributed by atoms with Crippen LogP contribution in [-0.4, -0.2) is 11.1 Å². The van der Waals surface area contributed by atoms with E-state index in [1.54, 1.807) is 42.5 Å². The van der Waals surface area contributed by atoms with Gasteiger partial charge in [0.2, 0.25) is 0 Å². The highest BCUT2D eigenvalue weighted by atomic mass is 35.5. The van der Waals surface area contributed by atoms with E-state index < -0.39 is 5.97 Å². The van der Waals surface area contributed by atoms with Crippen molar-refractivity contribution in [1.82, 2.24) is 0 Å². The van der Waals surface area contributed by atoms with Crippen molar-refractivity contribution in [2.45, 2.75) is 0 Å². The van der Waals surface area contributed by atoms with Gasteiger partial charge in [-0.25, -0.2) is 4.79 Å². The highest BCUT2D eigenvalue weighted by Crippen LogP contribution is 2.31. The van der Waals surface area contributed by atoms with Crippen molar-refractivity contribution < 1.29 is 14.3 Å². The van der Waals surface area contributed by atoms with Crippen molar-refractivity contribution in [2.75, 3.05) is 0 Å². The molecule has 4 nitrogen and oxygen atoms in total. The van der Waals surface area contributed by atoms with Gasteiger partial charge >= 0.3 is 5.97 Å². The van der Waals surface area contributed by atoms with Gasteiger partial charge in [0.15, 0.2) is 0 Å². The van der Waals surface area contributed by atoms with Gasteiger partial charge in [0, 0.05) is 10.6 Å². The second-order valence-corrected chi connectivity index (χ2v) is 6.22. The van der Waals surface area contributed by atoms with E-state index in [-0.39, 0.29) is 5.56 Å². The molecule has 2 aromatic carbocycles. The lowest BCUT2D eigenvalue weighted by atomic mass is 10.1. The van der Waals surface area contributed by atoms with E-state index in [0.717, 1.165) is 0 Å². The van der Waals surface area contributed by atoms with Crippen LogP contribution in [0, 0.1) is 11.3 Å². The first kappa shape index (κ1) is 17.8. The predicted molar refractivity (Wildman–Crippen MR) is 101 cm³/mol. The van der Waals surface area contributed by atoms with E-state index >= 15 is 0 Å². The second kappa shape index (κ2) is 7.49. The van der Waals surface area contributed by atoms with Gasteiger partial charge in [-0.05, 0) is 54.1 Å².